The Balaban J connectivity index is 0.000000389. The van der Waals surface area contributed by atoms with Gasteiger partial charge in [-0.2, -0.15) is 13.2 Å². The first-order chi connectivity index (χ1) is 26.0. The van der Waals surface area contributed by atoms with Gasteiger partial charge < -0.3 is 14.6 Å². The predicted octanol–water partition coefficient (Wildman–Crippen LogP) is 11.8. The summed E-state index contributed by atoms with van der Waals surface area (Å²) in [6.07, 6.45) is 7.75. The van der Waals surface area contributed by atoms with E-state index in [1.54, 1.807) is 23.5 Å². The van der Waals surface area contributed by atoms with Crippen molar-refractivity contribution in [3.05, 3.63) is 77.5 Å². The normalized spacial score (nSPS) is 17.1. The molecule has 0 radical (unpaired) electrons. The number of alkyl halides is 3. The van der Waals surface area contributed by atoms with E-state index in [9.17, 15) is 23.1 Å². The van der Waals surface area contributed by atoms with Gasteiger partial charge in [-0.25, -0.2) is 14.8 Å². The van der Waals surface area contributed by atoms with E-state index in [-0.39, 0.29) is 11.4 Å². The number of halogens is 3. The number of hydrogen-bond donors (Lipinski definition) is 2. The molecule has 2 aromatic carbocycles. The van der Waals surface area contributed by atoms with Crippen molar-refractivity contribution in [2.75, 3.05) is 25.0 Å². The number of hydrogen-bond acceptors (Lipinski definition) is 5. The lowest BCUT2D eigenvalue weighted by Crippen LogP contribution is -2.34. The molecule has 288 valence electrons. The highest BCUT2D eigenvalue weighted by Gasteiger charge is 2.29. The van der Waals surface area contributed by atoms with Gasteiger partial charge in [0.1, 0.15) is 5.65 Å². The average molecular weight is 742 g/mol. The molecule has 1 unspecified atom stereocenters. The van der Waals surface area contributed by atoms with Crippen LogP contribution in [0.1, 0.15) is 113 Å². The molecule has 5 aromatic rings. The fourth-order valence-electron chi connectivity index (χ4n) is 8.67. The highest BCUT2D eigenvalue weighted by Crippen LogP contribution is 2.45. The number of anilines is 1. The van der Waals surface area contributed by atoms with Crippen LogP contribution in [0.3, 0.4) is 0 Å². The number of aryl methyl sites for hydroxylation is 2. The SMILES string of the molecule is CCCC1CCCN(CC)C1.CCCn1c(-c2ccc3nc(-c4cccc(NC(F)(F)F)c4)ccc3c2C)c(C2CCCCC2)c2ccc(C(=O)O)nc21. The maximum absolute atomic E-state index is 12.9. The van der Waals surface area contributed by atoms with Crippen LogP contribution in [-0.2, 0) is 6.54 Å². The Morgan fingerprint density at radius 1 is 0.907 bits per heavy atom. The third-order valence-corrected chi connectivity index (χ3v) is 11.2. The summed E-state index contributed by atoms with van der Waals surface area (Å²) in [4.78, 5) is 23.9. The van der Waals surface area contributed by atoms with E-state index < -0.39 is 12.3 Å². The Morgan fingerprint density at radius 3 is 2.39 bits per heavy atom. The van der Waals surface area contributed by atoms with Gasteiger partial charge in [0.2, 0.25) is 0 Å². The molecular formula is C44H54F3N5O2. The number of carboxylic acids is 1. The molecule has 7 rings (SSSR count). The lowest BCUT2D eigenvalue weighted by molar-refractivity contribution is -0.0999. The van der Waals surface area contributed by atoms with Crippen molar-refractivity contribution < 1.29 is 23.1 Å². The summed E-state index contributed by atoms with van der Waals surface area (Å²) in [6, 6.07) is 17.5. The first-order valence-electron chi connectivity index (χ1n) is 19.9. The molecular weight excluding hydrogens is 688 g/mol. The summed E-state index contributed by atoms with van der Waals surface area (Å²) >= 11 is 0. The van der Waals surface area contributed by atoms with Crippen LogP contribution in [0.15, 0.2) is 60.7 Å². The first-order valence-corrected chi connectivity index (χ1v) is 19.9. The largest absolute Gasteiger partial charge is 0.482 e. The van der Waals surface area contributed by atoms with E-state index >= 15 is 0 Å². The van der Waals surface area contributed by atoms with Crippen molar-refractivity contribution in [1.82, 2.24) is 19.4 Å². The van der Waals surface area contributed by atoms with Crippen LogP contribution >= 0.6 is 0 Å². The zero-order chi connectivity index (χ0) is 38.4. The first kappa shape index (κ1) is 39.3. The number of aromatic carboxylic acids is 1. The minimum Gasteiger partial charge on any atom is -0.477 e. The summed E-state index contributed by atoms with van der Waals surface area (Å²) in [6.45, 7) is 13.4. The molecule has 2 aliphatic rings. The molecule has 0 bridgehead atoms. The van der Waals surface area contributed by atoms with Gasteiger partial charge in [0.25, 0.3) is 0 Å². The number of aromatic nitrogens is 3. The van der Waals surface area contributed by atoms with Crippen molar-refractivity contribution in [3.8, 4) is 22.5 Å². The van der Waals surface area contributed by atoms with Crippen LogP contribution in [0.2, 0.25) is 0 Å². The molecule has 1 atom stereocenters. The van der Waals surface area contributed by atoms with E-state index in [4.69, 9.17) is 4.98 Å². The molecule has 2 fully saturated rings. The molecule has 3 aromatic heterocycles. The number of carboxylic acid groups (broad SMARTS) is 1. The van der Waals surface area contributed by atoms with Crippen molar-refractivity contribution in [2.24, 2.45) is 5.92 Å². The second-order valence-corrected chi connectivity index (χ2v) is 15.0. The zero-order valence-corrected chi connectivity index (χ0v) is 32.1. The van der Waals surface area contributed by atoms with Gasteiger partial charge in [0.15, 0.2) is 5.69 Å². The molecule has 4 heterocycles. The fraction of sp³-hybridized carbons (Fsp3) is 0.477. The van der Waals surface area contributed by atoms with Gasteiger partial charge >= 0.3 is 12.3 Å². The Bertz CT molecular complexity index is 2070. The molecule has 1 aliphatic carbocycles. The molecule has 7 nitrogen and oxygen atoms in total. The van der Waals surface area contributed by atoms with Crippen molar-refractivity contribution in [1.29, 1.82) is 0 Å². The zero-order valence-electron chi connectivity index (χ0n) is 32.1. The van der Waals surface area contributed by atoms with Gasteiger partial charge in [0.05, 0.1) is 16.9 Å². The summed E-state index contributed by atoms with van der Waals surface area (Å²) in [5, 5.41) is 13.2. The van der Waals surface area contributed by atoms with Crippen LogP contribution in [0.5, 0.6) is 0 Å². The Hall–Kier alpha value is -4.44. The highest BCUT2D eigenvalue weighted by atomic mass is 19.4. The second-order valence-electron chi connectivity index (χ2n) is 15.0. The van der Waals surface area contributed by atoms with E-state index in [1.807, 2.05) is 24.3 Å². The van der Waals surface area contributed by atoms with Crippen molar-refractivity contribution in [2.45, 2.75) is 111 Å². The van der Waals surface area contributed by atoms with Crippen LogP contribution in [0.4, 0.5) is 18.9 Å². The van der Waals surface area contributed by atoms with Crippen LogP contribution in [0.25, 0.3) is 44.5 Å². The lowest BCUT2D eigenvalue weighted by atomic mass is 9.81. The average Bonchev–Trinajstić information content (AvgIpc) is 3.48. The Morgan fingerprint density at radius 2 is 1.69 bits per heavy atom. The predicted molar refractivity (Wildman–Crippen MR) is 213 cm³/mol. The standard InChI is InChI=1S/C34H33F3N4O2.C10H21N/c1-3-18-41-31(30(21-8-5-4-6-9-21)26-14-17-29(33(42)43)39-32(26)41)25-13-16-28-24(20(25)2)12-15-27(38-28)22-10-7-11-23(19-22)40-34(35,36)37;1-3-6-10-7-5-8-11(4-2)9-10/h7,10-17,19,21,40H,3-6,8-9,18H2,1-2H3,(H,42,43);10H,3-9H2,1-2H3. The maximum Gasteiger partial charge on any atom is 0.482 e. The lowest BCUT2D eigenvalue weighted by Gasteiger charge is -2.31. The third-order valence-electron chi connectivity index (χ3n) is 11.2. The quantitative estimate of drug-likeness (QED) is 0.139. The molecule has 54 heavy (non-hydrogen) atoms. The number of rotatable bonds is 10. The van der Waals surface area contributed by atoms with Crippen LogP contribution in [0, 0.1) is 12.8 Å². The Kier molecular flexibility index (Phi) is 12.6. The number of likely N-dealkylation sites (tertiary alicyclic amines) is 1. The van der Waals surface area contributed by atoms with Gasteiger partial charge in [0, 0.05) is 40.7 Å². The van der Waals surface area contributed by atoms with E-state index in [0.717, 1.165) is 71.1 Å². The highest BCUT2D eigenvalue weighted by molar-refractivity contribution is 5.97. The molecule has 1 aliphatic heterocycles. The number of fused-ring (bicyclic) bond motifs is 2. The van der Waals surface area contributed by atoms with Crippen LogP contribution in [-0.4, -0.2) is 56.4 Å². The number of carbonyl (C=O) groups is 1. The number of nitrogens with zero attached hydrogens (tertiary/aromatic N) is 4. The molecule has 0 spiro atoms. The summed E-state index contributed by atoms with van der Waals surface area (Å²) in [5.74, 6) is 0.319. The van der Waals surface area contributed by atoms with Crippen molar-refractivity contribution in [3.63, 3.8) is 0 Å². The number of piperidine rings is 1. The molecule has 0 amide bonds. The molecule has 2 N–H and O–H groups in total. The summed E-state index contributed by atoms with van der Waals surface area (Å²) in [7, 11) is 0. The molecule has 1 saturated carbocycles. The number of benzene rings is 2. The summed E-state index contributed by atoms with van der Waals surface area (Å²) in [5.41, 5.74) is 7.04. The third kappa shape index (κ3) is 8.91. The van der Waals surface area contributed by atoms with Crippen LogP contribution < -0.4 is 5.32 Å². The molecule has 1 saturated heterocycles. The minimum atomic E-state index is -4.52. The maximum atomic E-state index is 12.9. The van der Waals surface area contributed by atoms with Gasteiger partial charge in [-0.1, -0.05) is 70.7 Å². The summed E-state index contributed by atoms with van der Waals surface area (Å²) < 4.78 is 40.9. The topological polar surface area (TPSA) is 83.3 Å². The smallest absolute Gasteiger partial charge is 0.477 e. The van der Waals surface area contributed by atoms with E-state index in [1.165, 1.54) is 69.4 Å². The van der Waals surface area contributed by atoms with Gasteiger partial charge in [-0.3, -0.25) is 5.32 Å². The van der Waals surface area contributed by atoms with E-state index in [2.05, 4.69) is 48.2 Å². The van der Waals surface area contributed by atoms with E-state index in [0.29, 0.717) is 29.4 Å². The minimum absolute atomic E-state index is 0.0329. The monoisotopic (exact) mass is 741 g/mol. The second kappa shape index (κ2) is 17.4. The Labute approximate surface area is 317 Å². The van der Waals surface area contributed by atoms with Crippen molar-refractivity contribution >= 4 is 33.6 Å². The number of nitrogens with one attached hydrogen (secondary N) is 1. The van der Waals surface area contributed by atoms with Gasteiger partial charge in [-0.05, 0) is 118 Å². The molecule has 10 heteroatoms. The van der Waals surface area contributed by atoms with Gasteiger partial charge in [-0.15, -0.1) is 0 Å². The number of pyridine rings is 2. The fourth-order valence-corrected chi connectivity index (χ4v) is 8.67.